The fraction of sp³-hybridized carbons (Fsp3) is 0.323. The third kappa shape index (κ3) is 8.35. The molecule has 0 radical (unpaired) electrons. The van der Waals surface area contributed by atoms with Crippen LogP contribution in [-0.4, -0.2) is 75.6 Å². The number of rotatable bonds is 10. The SMILES string of the molecule is CN(C)CCN(C)c1ccnc(-c2ccc3cc(N(CC(=O)OC(C)(C)C)S(=O)(=O)c4cc(Cl)cc(Cl)c4)ccc3c2)n1. The number of carbonyl (C=O) groups is 1. The lowest BCUT2D eigenvalue weighted by molar-refractivity contribution is -0.152. The van der Waals surface area contributed by atoms with Crippen molar-refractivity contribution < 1.29 is 17.9 Å². The number of anilines is 2. The number of likely N-dealkylation sites (N-methyl/N-ethyl adjacent to an activating group) is 2. The van der Waals surface area contributed by atoms with Crippen molar-refractivity contribution in [1.29, 1.82) is 0 Å². The second-order valence-corrected chi connectivity index (χ2v) is 14.1. The highest BCUT2D eigenvalue weighted by atomic mass is 35.5. The predicted molar refractivity (Wildman–Crippen MR) is 174 cm³/mol. The minimum absolute atomic E-state index is 0.142. The number of fused-ring (bicyclic) bond motifs is 1. The van der Waals surface area contributed by atoms with Crippen LogP contribution in [0.15, 0.2) is 71.8 Å². The Labute approximate surface area is 263 Å². The average molecular weight is 645 g/mol. The summed E-state index contributed by atoms with van der Waals surface area (Å²) >= 11 is 12.2. The topological polar surface area (TPSA) is 95.9 Å². The Morgan fingerprint density at radius 3 is 2.19 bits per heavy atom. The first-order valence-corrected chi connectivity index (χ1v) is 15.8. The molecule has 0 amide bonds. The number of aromatic nitrogens is 2. The van der Waals surface area contributed by atoms with E-state index in [4.69, 9.17) is 32.9 Å². The van der Waals surface area contributed by atoms with Gasteiger partial charge in [0.05, 0.1) is 10.6 Å². The molecule has 9 nitrogen and oxygen atoms in total. The number of hydrogen-bond acceptors (Lipinski definition) is 8. The van der Waals surface area contributed by atoms with Crippen LogP contribution in [0.2, 0.25) is 10.0 Å². The van der Waals surface area contributed by atoms with E-state index in [0.717, 1.165) is 39.5 Å². The molecule has 0 saturated carbocycles. The van der Waals surface area contributed by atoms with Crippen LogP contribution in [0.5, 0.6) is 0 Å². The minimum atomic E-state index is -4.26. The van der Waals surface area contributed by atoms with E-state index in [2.05, 4.69) is 14.8 Å². The summed E-state index contributed by atoms with van der Waals surface area (Å²) in [5.74, 6) is 0.686. The molecule has 4 aromatic rings. The number of benzene rings is 3. The van der Waals surface area contributed by atoms with Crippen LogP contribution < -0.4 is 9.21 Å². The van der Waals surface area contributed by atoms with Crippen molar-refractivity contribution in [1.82, 2.24) is 14.9 Å². The molecule has 0 aliphatic rings. The van der Waals surface area contributed by atoms with Crippen molar-refractivity contribution in [3.8, 4) is 11.4 Å². The van der Waals surface area contributed by atoms with Gasteiger partial charge in [-0.3, -0.25) is 9.10 Å². The van der Waals surface area contributed by atoms with E-state index in [1.54, 1.807) is 45.2 Å². The molecule has 43 heavy (non-hydrogen) atoms. The standard InChI is InChI=1S/C31H35Cl2N5O4S/c1-31(2,3)42-29(39)20-38(43(40,41)27-18-24(32)17-25(33)19-27)26-10-9-21-15-23(8-7-22(21)16-26)30-34-12-11-28(35-30)37(6)14-13-36(4)5/h7-12,15-19H,13-14,20H2,1-6H3. The van der Waals surface area contributed by atoms with Crippen molar-refractivity contribution in [3.05, 3.63) is 76.9 Å². The van der Waals surface area contributed by atoms with Gasteiger partial charge < -0.3 is 14.5 Å². The molecule has 0 spiro atoms. The quantitative estimate of drug-likeness (QED) is 0.190. The fourth-order valence-electron chi connectivity index (χ4n) is 4.30. The molecule has 0 aliphatic heterocycles. The van der Waals surface area contributed by atoms with Gasteiger partial charge in [0.2, 0.25) is 0 Å². The lowest BCUT2D eigenvalue weighted by atomic mass is 10.1. The molecule has 0 saturated heterocycles. The van der Waals surface area contributed by atoms with E-state index >= 15 is 0 Å². The van der Waals surface area contributed by atoms with Crippen molar-refractivity contribution in [2.75, 3.05) is 50.0 Å². The number of ether oxygens (including phenoxy) is 1. The Morgan fingerprint density at radius 2 is 1.53 bits per heavy atom. The second kappa shape index (κ2) is 13.1. The third-order valence-electron chi connectivity index (χ3n) is 6.40. The van der Waals surface area contributed by atoms with Gasteiger partial charge in [-0.05, 0) is 88.1 Å². The van der Waals surface area contributed by atoms with Crippen molar-refractivity contribution >= 4 is 61.5 Å². The van der Waals surface area contributed by atoms with Crippen LogP contribution >= 0.6 is 23.2 Å². The van der Waals surface area contributed by atoms with Gasteiger partial charge in [0, 0.05) is 41.9 Å². The number of hydrogen-bond donors (Lipinski definition) is 0. The molecule has 4 rings (SSSR count). The van der Waals surface area contributed by atoms with Gasteiger partial charge in [-0.1, -0.05) is 41.4 Å². The van der Waals surface area contributed by atoms with Gasteiger partial charge in [0.1, 0.15) is 18.0 Å². The molecule has 0 unspecified atom stereocenters. The molecule has 0 aliphatic carbocycles. The van der Waals surface area contributed by atoms with Crippen molar-refractivity contribution in [3.63, 3.8) is 0 Å². The summed E-state index contributed by atoms with van der Waals surface area (Å²) < 4.78 is 34.2. The Bertz CT molecular complexity index is 1720. The first-order chi connectivity index (χ1) is 20.1. The highest BCUT2D eigenvalue weighted by molar-refractivity contribution is 7.92. The molecule has 228 valence electrons. The normalized spacial score (nSPS) is 12.0. The van der Waals surface area contributed by atoms with Gasteiger partial charge in [-0.15, -0.1) is 0 Å². The summed E-state index contributed by atoms with van der Waals surface area (Å²) in [6, 6.07) is 16.8. The van der Waals surface area contributed by atoms with Crippen LogP contribution in [0.3, 0.4) is 0 Å². The zero-order chi connectivity index (χ0) is 31.5. The third-order valence-corrected chi connectivity index (χ3v) is 8.59. The van der Waals surface area contributed by atoms with Crippen LogP contribution in [0.1, 0.15) is 20.8 Å². The molecular formula is C31H35Cl2N5O4S. The number of halogens is 2. The summed E-state index contributed by atoms with van der Waals surface area (Å²) in [7, 11) is 1.79. The van der Waals surface area contributed by atoms with E-state index < -0.39 is 28.1 Å². The second-order valence-electron chi connectivity index (χ2n) is 11.4. The molecule has 12 heteroatoms. The molecule has 0 atom stereocenters. The molecule has 1 aromatic heterocycles. The van der Waals surface area contributed by atoms with E-state index in [1.807, 2.05) is 45.4 Å². The largest absolute Gasteiger partial charge is 0.459 e. The van der Waals surface area contributed by atoms with E-state index in [9.17, 15) is 13.2 Å². The molecule has 0 bridgehead atoms. The zero-order valence-electron chi connectivity index (χ0n) is 25.0. The van der Waals surface area contributed by atoms with Gasteiger partial charge in [-0.25, -0.2) is 18.4 Å². The Morgan fingerprint density at radius 1 is 0.884 bits per heavy atom. The predicted octanol–water partition coefficient (Wildman–Crippen LogP) is 6.14. The highest BCUT2D eigenvalue weighted by Crippen LogP contribution is 2.32. The van der Waals surface area contributed by atoms with Gasteiger partial charge in [0.25, 0.3) is 10.0 Å². The van der Waals surface area contributed by atoms with Crippen LogP contribution in [-0.2, 0) is 19.6 Å². The summed E-state index contributed by atoms with van der Waals surface area (Å²) in [6.07, 6.45) is 1.73. The molecule has 0 N–H and O–H groups in total. The van der Waals surface area contributed by atoms with Crippen molar-refractivity contribution in [2.45, 2.75) is 31.3 Å². The van der Waals surface area contributed by atoms with Gasteiger partial charge >= 0.3 is 5.97 Å². The Hall–Kier alpha value is -3.44. The van der Waals surface area contributed by atoms with Crippen LogP contribution in [0.25, 0.3) is 22.2 Å². The first kappa shape index (κ1) is 32.5. The van der Waals surface area contributed by atoms with Gasteiger partial charge in [0.15, 0.2) is 5.82 Å². The zero-order valence-corrected chi connectivity index (χ0v) is 27.3. The fourth-order valence-corrected chi connectivity index (χ4v) is 6.43. The first-order valence-electron chi connectivity index (χ1n) is 13.6. The smallest absolute Gasteiger partial charge is 0.327 e. The van der Waals surface area contributed by atoms with Crippen molar-refractivity contribution in [2.24, 2.45) is 0 Å². The minimum Gasteiger partial charge on any atom is -0.459 e. The van der Waals surface area contributed by atoms with E-state index in [1.165, 1.54) is 18.2 Å². The molecular weight excluding hydrogens is 609 g/mol. The molecule has 0 fully saturated rings. The van der Waals surface area contributed by atoms with Crippen LogP contribution in [0, 0.1) is 0 Å². The maximum absolute atomic E-state index is 13.9. The molecule has 3 aromatic carbocycles. The summed E-state index contributed by atoms with van der Waals surface area (Å²) in [5, 5.41) is 1.92. The summed E-state index contributed by atoms with van der Waals surface area (Å²) in [5.41, 5.74) is 0.296. The number of sulfonamides is 1. The Balaban J connectivity index is 1.71. The molecule has 1 heterocycles. The maximum Gasteiger partial charge on any atom is 0.327 e. The number of nitrogens with zero attached hydrogens (tertiary/aromatic N) is 5. The average Bonchev–Trinajstić information content (AvgIpc) is 2.92. The monoisotopic (exact) mass is 643 g/mol. The van der Waals surface area contributed by atoms with Crippen LogP contribution in [0.4, 0.5) is 11.5 Å². The summed E-state index contributed by atoms with van der Waals surface area (Å²) in [4.78, 5) is 26.1. The van der Waals surface area contributed by atoms with E-state index in [-0.39, 0.29) is 20.6 Å². The lowest BCUT2D eigenvalue weighted by Crippen LogP contribution is -2.39. The summed E-state index contributed by atoms with van der Waals surface area (Å²) in [6.45, 7) is 6.31. The Kier molecular flexibility index (Phi) is 9.86. The number of esters is 1. The maximum atomic E-state index is 13.9. The number of carbonyl (C=O) groups excluding carboxylic acids is 1. The lowest BCUT2D eigenvalue weighted by Gasteiger charge is -2.26. The highest BCUT2D eigenvalue weighted by Gasteiger charge is 2.30. The van der Waals surface area contributed by atoms with Gasteiger partial charge in [-0.2, -0.15) is 0 Å². The van der Waals surface area contributed by atoms with E-state index in [0.29, 0.717) is 5.82 Å².